The highest BCUT2D eigenvalue weighted by Gasteiger charge is 2.36. The maximum Gasteiger partial charge on any atom is 0.414 e. The number of rotatable bonds is 3. The predicted octanol–water partition coefficient (Wildman–Crippen LogP) is 2.60. The van der Waals surface area contributed by atoms with Gasteiger partial charge in [-0.25, -0.2) is 4.39 Å². The molecule has 0 spiro atoms. The molecular formula is C13H13F4NO. The van der Waals surface area contributed by atoms with E-state index in [4.69, 9.17) is 5.73 Å². The van der Waals surface area contributed by atoms with Gasteiger partial charge in [0.1, 0.15) is 5.82 Å². The zero-order chi connectivity index (χ0) is 14.5. The van der Waals surface area contributed by atoms with E-state index < -0.39 is 18.1 Å². The second-order valence-electron chi connectivity index (χ2n) is 3.81. The number of benzene rings is 1. The minimum atomic E-state index is -4.41. The Morgan fingerprint density at radius 1 is 1.37 bits per heavy atom. The molecule has 0 fully saturated rings. The Labute approximate surface area is 108 Å². The van der Waals surface area contributed by atoms with Crippen molar-refractivity contribution in [2.24, 2.45) is 5.73 Å². The van der Waals surface area contributed by atoms with E-state index in [-0.39, 0.29) is 18.7 Å². The summed E-state index contributed by atoms with van der Waals surface area (Å²) in [5, 5.41) is 0. The van der Waals surface area contributed by atoms with Gasteiger partial charge >= 0.3 is 6.18 Å². The largest absolute Gasteiger partial charge is 0.414 e. The topological polar surface area (TPSA) is 35.2 Å². The van der Waals surface area contributed by atoms with Gasteiger partial charge in [-0.1, -0.05) is 17.9 Å². The van der Waals surface area contributed by atoms with Crippen LogP contribution in [0.5, 0.6) is 0 Å². The van der Waals surface area contributed by atoms with Gasteiger partial charge in [0.25, 0.3) is 0 Å². The second kappa shape index (κ2) is 6.55. The SMILES string of the molecule is CC(OCc1ccc(F)c(C#CCN)c1)C(F)(F)F. The average Bonchev–Trinajstić information content (AvgIpc) is 2.34. The Hall–Kier alpha value is -1.58. The molecule has 19 heavy (non-hydrogen) atoms. The van der Waals surface area contributed by atoms with Gasteiger partial charge in [0, 0.05) is 0 Å². The van der Waals surface area contributed by atoms with Crippen molar-refractivity contribution in [1.82, 2.24) is 0 Å². The average molecular weight is 275 g/mol. The van der Waals surface area contributed by atoms with Crippen LogP contribution in [0.1, 0.15) is 18.1 Å². The summed E-state index contributed by atoms with van der Waals surface area (Å²) in [7, 11) is 0. The Bertz CT molecular complexity index is 488. The molecule has 1 unspecified atom stereocenters. The Morgan fingerprint density at radius 3 is 2.63 bits per heavy atom. The summed E-state index contributed by atoms with van der Waals surface area (Å²) in [4.78, 5) is 0. The standard InChI is InChI=1S/C13H13F4NO/c1-9(13(15,16)17)19-8-10-4-5-12(14)11(7-10)3-2-6-18/h4-5,7,9H,6,8,18H2,1H3. The maximum atomic E-state index is 13.3. The first-order valence-corrected chi connectivity index (χ1v) is 5.50. The molecule has 0 radical (unpaired) electrons. The molecule has 1 rings (SSSR count). The number of hydrogen-bond acceptors (Lipinski definition) is 2. The highest BCUT2D eigenvalue weighted by atomic mass is 19.4. The Morgan fingerprint density at radius 2 is 2.05 bits per heavy atom. The number of alkyl halides is 3. The van der Waals surface area contributed by atoms with Crippen LogP contribution in [0.2, 0.25) is 0 Å². The molecule has 0 heterocycles. The van der Waals surface area contributed by atoms with Crippen molar-refractivity contribution in [1.29, 1.82) is 0 Å². The summed E-state index contributed by atoms with van der Waals surface area (Å²) >= 11 is 0. The number of halogens is 4. The van der Waals surface area contributed by atoms with E-state index in [0.29, 0.717) is 5.56 Å². The van der Waals surface area contributed by atoms with E-state index >= 15 is 0 Å². The van der Waals surface area contributed by atoms with Crippen LogP contribution in [0.3, 0.4) is 0 Å². The molecule has 0 aliphatic heterocycles. The van der Waals surface area contributed by atoms with Crippen LogP contribution in [0.25, 0.3) is 0 Å². The molecule has 0 amide bonds. The molecule has 0 aromatic heterocycles. The fourth-order valence-electron chi connectivity index (χ4n) is 1.22. The van der Waals surface area contributed by atoms with Crippen molar-refractivity contribution in [3.63, 3.8) is 0 Å². The highest BCUT2D eigenvalue weighted by Crippen LogP contribution is 2.23. The maximum absolute atomic E-state index is 13.3. The smallest absolute Gasteiger partial charge is 0.364 e. The summed E-state index contributed by atoms with van der Waals surface area (Å²) in [6.45, 7) is 0.724. The van der Waals surface area contributed by atoms with E-state index in [1.54, 1.807) is 0 Å². The van der Waals surface area contributed by atoms with Gasteiger partial charge in [-0.15, -0.1) is 0 Å². The van der Waals surface area contributed by atoms with E-state index in [0.717, 1.165) is 13.0 Å². The number of ether oxygens (including phenoxy) is 1. The van der Waals surface area contributed by atoms with Crippen molar-refractivity contribution in [3.8, 4) is 11.8 Å². The van der Waals surface area contributed by atoms with E-state index in [1.165, 1.54) is 12.1 Å². The van der Waals surface area contributed by atoms with Crippen molar-refractivity contribution < 1.29 is 22.3 Å². The molecule has 0 aliphatic carbocycles. The molecule has 1 atom stereocenters. The third kappa shape index (κ3) is 4.89. The molecule has 1 aromatic carbocycles. The zero-order valence-corrected chi connectivity index (χ0v) is 10.2. The van der Waals surface area contributed by atoms with Gasteiger partial charge in [0.2, 0.25) is 0 Å². The van der Waals surface area contributed by atoms with Crippen LogP contribution < -0.4 is 5.73 Å². The third-order valence-electron chi connectivity index (χ3n) is 2.32. The molecule has 6 heteroatoms. The lowest BCUT2D eigenvalue weighted by molar-refractivity contribution is -0.217. The normalized spacial score (nSPS) is 12.7. The van der Waals surface area contributed by atoms with Gasteiger partial charge in [0.05, 0.1) is 18.7 Å². The fourth-order valence-corrected chi connectivity index (χ4v) is 1.22. The van der Waals surface area contributed by atoms with Crippen LogP contribution in [-0.4, -0.2) is 18.8 Å². The molecule has 2 nitrogen and oxygen atoms in total. The quantitative estimate of drug-likeness (QED) is 0.680. The molecule has 104 valence electrons. The van der Waals surface area contributed by atoms with Gasteiger partial charge < -0.3 is 10.5 Å². The predicted molar refractivity (Wildman–Crippen MR) is 62.6 cm³/mol. The van der Waals surface area contributed by atoms with Crippen molar-refractivity contribution in [2.75, 3.05) is 6.54 Å². The van der Waals surface area contributed by atoms with Gasteiger partial charge in [-0.05, 0) is 24.6 Å². The van der Waals surface area contributed by atoms with Gasteiger partial charge in [0.15, 0.2) is 6.10 Å². The molecule has 0 saturated carbocycles. The van der Waals surface area contributed by atoms with Crippen LogP contribution >= 0.6 is 0 Å². The monoisotopic (exact) mass is 275 g/mol. The van der Waals surface area contributed by atoms with Gasteiger partial charge in [-0.2, -0.15) is 13.2 Å². The lowest BCUT2D eigenvalue weighted by atomic mass is 10.1. The van der Waals surface area contributed by atoms with Crippen LogP contribution in [0, 0.1) is 17.7 Å². The molecular weight excluding hydrogens is 262 g/mol. The first-order chi connectivity index (χ1) is 8.84. The van der Waals surface area contributed by atoms with Crippen molar-refractivity contribution >= 4 is 0 Å². The van der Waals surface area contributed by atoms with Crippen molar-refractivity contribution in [3.05, 3.63) is 35.1 Å². The molecule has 2 N–H and O–H groups in total. The van der Waals surface area contributed by atoms with Crippen LogP contribution in [0.4, 0.5) is 17.6 Å². The molecule has 1 aromatic rings. The molecule has 0 aliphatic rings. The van der Waals surface area contributed by atoms with Crippen LogP contribution in [0.15, 0.2) is 18.2 Å². The summed E-state index contributed by atoms with van der Waals surface area (Å²) < 4.78 is 54.7. The zero-order valence-electron chi connectivity index (χ0n) is 10.2. The van der Waals surface area contributed by atoms with E-state index in [9.17, 15) is 17.6 Å². The molecule has 0 saturated heterocycles. The number of nitrogens with two attached hydrogens (primary N) is 1. The third-order valence-corrected chi connectivity index (χ3v) is 2.32. The lowest BCUT2D eigenvalue weighted by Crippen LogP contribution is -2.28. The summed E-state index contributed by atoms with van der Waals surface area (Å²) in [6, 6.07) is 3.84. The first-order valence-electron chi connectivity index (χ1n) is 5.50. The Kier molecular flexibility index (Phi) is 5.33. The fraction of sp³-hybridized carbons (Fsp3) is 0.385. The summed E-state index contributed by atoms with van der Waals surface area (Å²) in [5.74, 6) is 4.43. The van der Waals surface area contributed by atoms with E-state index in [2.05, 4.69) is 16.6 Å². The van der Waals surface area contributed by atoms with Gasteiger partial charge in [-0.3, -0.25) is 0 Å². The lowest BCUT2D eigenvalue weighted by Gasteiger charge is -2.16. The molecule has 0 bridgehead atoms. The summed E-state index contributed by atoms with van der Waals surface area (Å²) in [6.07, 6.45) is -6.29. The minimum Gasteiger partial charge on any atom is -0.364 e. The Balaban J connectivity index is 2.75. The van der Waals surface area contributed by atoms with E-state index in [1.807, 2.05) is 0 Å². The number of hydrogen-bond donors (Lipinski definition) is 1. The second-order valence-corrected chi connectivity index (χ2v) is 3.81. The first kappa shape index (κ1) is 15.5. The van der Waals surface area contributed by atoms with Crippen molar-refractivity contribution in [2.45, 2.75) is 25.8 Å². The minimum absolute atomic E-state index is 0.0747. The summed E-state index contributed by atoms with van der Waals surface area (Å²) in [5.41, 5.74) is 5.67. The highest BCUT2D eigenvalue weighted by molar-refractivity contribution is 5.38. The van der Waals surface area contributed by atoms with Crippen LogP contribution in [-0.2, 0) is 11.3 Å².